The highest BCUT2D eigenvalue weighted by atomic mass is 16.1. The maximum absolute atomic E-state index is 11.5. The SMILES string of the molecule is CC1(CNC(=O)/C=C/c2ccc(N)cc2)CC1. The van der Waals surface area contributed by atoms with E-state index in [9.17, 15) is 4.79 Å². The van der Waals surface area contributed by atoms with Crippen LogP contribution >= 0.6 is 0 Å². The third kappa shape index (κ3) is 3.63. The van der Waals surface area contributed by atoms with Gasteiger partial charge in [0.1, 0.15) is 0 Å². The van der Waals surface area contributed by atoms with Gasteiger partial charge in [-0.3, -0.25) is 4.79 Å². The quantitative estimate of drug-likeness (QED) is 0.615. The third-order valence-electron chi connectivity index (χ3n) is 3.16. The smallest absolute Gasteiger partial charge is 0.244 e. The predicted octanol–water partition coefficient (Wildman–Crippen LogP) is 2.20. The normalized spacial score (nSPS) is 17.0. The van der Waals surface area contributed by atoms with E-state index in [1.165, 1.54) is 12.8 Å². The van der Waals surface area contributed by atoms with E-state index in [1.54, 1.807) is 12.2 Å². The first kappa shape index (κ1) is 11.7. The van der Waals surface area contributed by atoms with Crippen LogP contribution in [0.4, 0.5) is 5.69 Å². The topological polar surface area (TPSA) is 55.1 Å². The van der Waals surface area contributed by atoms with E-state index in [4.69, 9.17) is 5.73 Å². The van der Waals surface area contributed by atoms with Crippen LogP contribution in [0.5, 0.6) is 0 Å². The van der Waals surface area contributed by atoms with E-state index in [0.717, 1.165) is 17.8 Å². The van der Waals surface area contributed by atoms with Gasteiger partial charge in [0.25, 0.3) is 0 Å². The Hall–Kier alpha value is -1.77. The van der Waals surface area contributed by atoms with Crippen molar-refractivity contribution in [3.05, 3.63) is 35.9 Å². The number of nitrogens with two attached hydrogens (primary N) is 1. The summed E-state index contributed by atoms with van der Waals surface area (Å²) in [6.07, 6.45) is 5.80. The van der Waals surface area contributed by atoms with Crippen LogP contribution in [-0.4, -0.2) is 12.5 Å². The summed E-state index contributed by atoms with van der Waals surface area (Å²) in [6, 6.07) is 7.42. The Morgan fingerprint density at radius 3 is 2.65 bits per heavy atom. The van der Waals surface area contributed by atoms with Crippen LogP contribution < -0.4 is 11.1 Å². The molecule has 0 radical (unpaired) electrons. The van der Waals surface area contributed by atoms with Crippen molar-refractivity contribution in [2.45, 2.75) is 19.8 Å². The van der Waals surface area contributed by atoms with Gasteiger partial charge in [0, 0.05) is 18.3 Å². The summed E-state index contributed by atoms with van der Waals surface area (Å²) in [5.41, 5.74) is 7.64. The number of benzene rings is 1. The molecule has 0 aromatic heterocycles. The summed E-state index contributed by atoms with van der Waals surface area (Å²) in [5, 5.41) is 2.92. The zero-order chi connectivity index (χ0) is 12.3. The fraction of sp³-hybridized carbons (Fsp3) is 0.357. The average molecular weight is 230 g/mol. The minimum absolute atomic E-state index is 0.0325. The summed E-state index contributed by atoms with van der Waals surface area (Å²) in [4.78, 5) is 11.5. The number of nitrogens with one attached hydrogen (secondary N) is 1. The Kier molecular flexibility index (Phi) is 3.18. The summed E-state index contributed by atoms with van der Waals surface area (Å²) >= 11 is 0. The molecular weight excluding hydrogens is 212 g/mol. The van der Waals surface area contributed by atoms with Gasteiger partial charge in [-0.1, -0.05) is 19.1 Å². The monoisotopic (exact) mass is 230 g/mol. The number of carbonyl (C=O) groups is 1. The molecule has 0 atom stereocenters. The van der Waals surface area contributed by atoms with Gasteiger partial charge in [0.15, 0.2) is 0 Å². The van der Waals surface area contributed by atoms with Crippen molar-refractivity contribution < 1.29 is 4.79 Å². The minimum atomic E-state index is -0.0325. The van der Waals surface area contributed by atoms with Gasteiger partial charge < -0.3 is 11.1 Å². The highest BCUT2D eigenvalue weighted by molar-refractivity contribution is 5.91. The van der Waals surface area contributed by atoms with E-state index < -0.39 is 0 Å². The first-order chi connectivity index (χ1) is 8.07. The average Bonchev–Trinajstić information content (AvgIpc) is 3.05. The van der Waals surface area contributed by atoms with Crippen molar-refractivity contribution in [1.82, 2.24) is 5.32 Å². The van der Waals surface area contributed by atoms with Crippen LogP contribution in [0.1, 0.15) is 25.3 Å². The van der Waals surface area contributed by atoms with Crippen LogP contribution in [0.2, 0.25) is 0 Å². The highest BCUT2D eigenvalue weighted by Gasteiger charge is 2.36. The van der Waals surface area contributed by atoms with Crippen LogP contribution in [0.3, 0.4) is 0 Å². The maximum Gasteiger partial charge on any atom is 0.244 e. The zero-order valence-electron chi connectivity index (χ0n) is 10.1. The molecule has 1 aromatic carbocycles. The lowest BCUT2D eigenvalue weighted by molar-refractivity contribution is -0.116. The molecule has 3 nitrogen and oxygen atoms in total. The molecule has 1 saturated carbocycles. The van der Waals surface area contributed by atoms with Crippen molar-refractivity contribution >= 4 is 17.7 Å². The molecule has 1 aliphatic rings. The fourth-order valence-corrected chi connectivity index (χ4v) is 1.53. The van der Waals surface area contributed by atoms with E-state index in [-0.39, 0.29) is 5.91 Å². The molecule has 0 bridgehead atoms. The lowest BCUT2D eigenvalue weighted by Gasteiger charge is -2.07. The third-order valence-corrected chi connectivity index (χ3v) is 3.16. The Labute approximate surface area is 102 Å². The molecule has 0 spiro atoms. The second-order valence-electron chi connectivity index (χ2n) is 5.03. The zero-order valence-corrected chi connectivity index (χ0v) is 10.1. The molecule has 0 heterocycles. The van der Waals surface area contributed by atoms with E-state index in [2.05, 4.69) is 12.2 Å². The first-order valence-electron chi connectivity index (χ1n) is 5.89. The van der Waals surface area contributed by atoms with Gasteiger partial charge in [-0.15, -0.1) is 0 Å². The summed E-state index contributed by atoms with van der Waals surface area (Å²) < 4.78 is 0. The van der Waals surface area contributed by atoms with Crippen molar-refractivity contribution in [1.29, 1.82) is 0 Å². The Morgan fingerprint density at radius 1 is 1.41 bits per heavy atom. The molecule has 1 amide bonds. The fourth-order valence-electron chi connectivity index (χ4n) is 1.53. The molecule has 0 aliphatic heterocycles. The number of anilines is 1. The van der Waals surface area contributed by atoms with Gasteiger partial charge in [-0.25, -0.2) is 0 Å². The lowest BCUT2D eigenvalue weighted by atomic mass is 10.1. The number of nitrogen functional groups attached to an aromatic ring is 1. The first-order valence-corrected chi connectivity index (χ1v) is 5.89. The standard InChI is InChI=1S/C14H18N2O/c1-14(8-9-14)10-16-13(17)7-4-11-2-5-12(15)6-3-11/h2-7H,8-10,15H2,1H3,(H,16,17)/b7-4+. The Bertz CT molecular complexity index is 430. The Morgan fingerprint density at radius 2 is 2.06 bits per heavy atom. The van der Waals surface area contributed by atoms with Gasteiger partial charge in [-0.05, 0) is 42.0 Å². The molecule has 3 N–H and O–H groups in total. The summed E-state index contributed by atoms with van der Waals surface area (Å²) in [5.74, 6) is -0.0325. The van der Waals surface area contributed by atoms with Gasteiger partial charge >= 0.3 is 0 Å². The van der Waals surface area contributed by atoms with E-state index >= 15 is 0 Å². The largest absolute Gasteiger partial charge is 0.399 e. The number of hydrogen-bond donors (Lipinski definition) is 2. The molecule has 0 unspecified atom stereocenters. The van der Waals surface area contributed by atoms with Crippen LogP contribution in [0.15, 0.2) is 30.3 Å². The lowest BCUT2D eigenvalue weighted by Crippen LogP contribution is -2.27. The second kappa shape index (κ2) is 4.62. The van der Waals surface area contributed by atoms with Crippen LogP contribution in [-0.2, 0) is 4.79 Å². The molecule has 17 heavy (non-hydrogen) atoms. The molecule has 3 heteroatoms. The number of rotatable bonds is 4. The molecule has 0 saturated heterocycles. The Balaban J connectivity index is 1.83. The van der Waals surface area contributed by atoms with Crippen molar-refractivity contribution in [2.75, 3.05) is 12.3 Å². The number of hydrogen-bond acceptors (Lipinski definition) is 2. The molecular formula is C14H18N2O. The molecule has 90 valence electrons. The van der Waals surface area contributed by atoms with E-state index in [1.807, 2.05) is 24.3 Å². The molecule has 1 aromatic rings. The second-order valence-corrected chi connectivity index (χ2v) is 5.03. The van der Waals surface area contributed by atoms with Gasteiger partial charge in [0.05, 0.1) is 0 Å². The van der Waals surface area contributed by atoms with Gasteiger partial charge in [0.2, 0.25) is 5.91 Å². The maximum atomic E-state index is 11.5. The predicted molar refractivity (Wildman–Crippen MR) is 70.2 cm³/mol. The van der Waals surface area contributed by atoms with Crippen LogP contribution in [0.25, 0.3) is 6.08 Å². The van der Waals surface area contributed by atoms with Crippen molar-refractivity contribution in [2.24, 2.45) is 5.41 Å². The summed E-state index contributed by atoms with van der Waals surface area (Å²) in [6.45, 7) is 2.97. The minimum Gasteiger partial charge on any atom is -0.399 e. The van der Waals surface area contributed by atoms with Crippen molar-refractivity contribution in [3.63, 3.8) is 0 Å². The van der Waals surface area contributed by atoms with Gasteiger partial charge in [-0.2, -0.15) is 0 Å². The molecule has 1 aliphatic carbocycles. The van der Waals surface area contributed by atoms with Crippen LogP contribution in [0, 0.1) is 5.41 Å². The summed E-state index contributed by atoms with van der Waals surface area (Å²) in [7, 11) is 0. The number of amides is 1. The highest BCUT2D eigenvalue weighted by Crippen LogP contribution is 2.43. The molecule has 1 fully saturated rings. The van der Waals surface area contributed by atoms with E-state index in [0.29, 0.717) is 5.41 Å². The molecule has 2 rings (SSSR count). The van der Waals surface area contributed by atoms with Crippen molar-refractivity contribution in [3.8, 4) is 0 Å². The number of carbonyl (C=O) groups excluding carboxylic acids is 1.